The average molecular weight is 322 g/mol. The number of thioether (sulfide) groups is 2. The summed E-state index contributed by atoms with van der Waals surface area (Å²) in [7, 11) is 1.58. The molecule has 2 heterocycles. The number of carbonyl (C=O) groups is 2. The molecule has 21 heavy (non-hydrogen) atoms. The van der Waals surface area contributed by atoms with Crippen LogP contribution in [0.4, 0.5) is 5.69 Å². The van der Waals surface area contributed by atoms with Crippen molar-refractivity contribution >= 4 is 45.4 Å². The van der Waals surface area contributed by atoms with E-state index in [0.717, 1.165) is 16.7 Å². The Morgan fingerprint density at radius 3 is 2.71 bits per heavy atom. The minimum atomic E-state index is -0.357. The van der Waals surface area contributed by atoms with E-state index >= 15 is 0 Å². The molecule has 1 aromatic rings. The summed E-state index contributed by atoms with van der Waals surface area (Å²) in [6.07, 6.45) is 0.231. The van der Waals surface area contributed by atoms with Crippen molar-refractivity contribution in [1.82, 2.24) is 0 Å². The third kappa shape index (κ3) is 2.94. The molecular formula is C14H14N2O3S2. The highest BCUT2D eigenvalue weighted by molar-refractivity contribution is 8.39. The number of hydrogen-bond acceptors (Lipinski definition) is 6. The largest absolute Gasteiger partial charge is 0.497 e. The molecule has 3 rings (SSSR count). The molecule has 110 valence electrons. The maximum Gasteiger partial charge on any atom is 0.247 e. The van der Waals surface area contributed by atoms with E-state index in [0.29, 0.717) is 11.4 Å². The van der Waals surface area contributed by atoms with Crippen LogP contribution in [0.5, 0.6) is 5.75 Å². The van der Waals surface area contributed by atoms with Gasteiger partial charge in [-0.25, -0.2) is 4.90 Å². The lowest BCUT2D eigenvalue weighted by Crippen LogP contribution is -2.31. The van der Waals surface area contributed by atoms with Crippen LogP contribution in [0.1, 0.15) is 6.42 Å². The maximum atomic E-state index is 12.4. The zero-order valence-corrected chi connectivity index (χ0v) is 13.1. The van der Waals surface area contributed by atoms with Crippen molar-refractivity contribution in [2.75, 3.05) is 24.3 Å². The minimum absolute atomic E-state index is 0.161. The van der Waals surface area contributed by atoms with Gasteiger partial charge < -0.3 is 4.74 Å². The molecule has 0 aromatic heterocycles. The second-order valence-electron chi connectivity index (χ2n) is 4.57. The Kier molecular flexibility index (Phi) is 4.21. The van der Waals surface area contributed by atoms with E-state index in [1.54, 1.807) is 43.1 Å². The van der Waals surface area contributed by atoms with Gasteiger partial charge in [-0.3, -0.25) is 14.6 Å². The molecule has 5 nitrogen and oxygen atoms in total. The predicted octanol–water partition coefficient (Wildman–Crippen LogP) is 2.16. The van der Waals surface area contributed by atoms with Crippen LogP contribution in [-0.2, 0) is 9.59 Å². The minimum Gasteiger partial charge on any atom is -0.497 e. The van der Waals surface area contributed by atoms with Crippen molar-refractivity contribution in [2.45, 2.75) is 11.7 Å². The SMILES string of the molecule is COc1ccc(N2C(=O)CC(SC3=NCCS3)C2=O)cc1. The van der Waals surface area contributed by atoms with E-state index in [9.17, 15) is 9.59 Å². The standard InChI is InChI=1S/C14H14N2O3S2/c1-19-10-4-2-9(3-5-10)16-12(17)8-11(13(16)18)21-14-15-6-7-20-14/h2-5,11H,6-8H2,1H3. The van der Waals surface area contributed by atoms with Gasteiger partial charge in [0.05, 0.1) is 19.3 Å². The number of rotatable bonds is 3. The van der Waals surface area contributed by atoms with Crippen LogP contribution in [0.3, 0.4) is 0 Å². The van der Waals surface area contributed by atoms with Gasteiger partial charge in [0.25, 0.3) is 0 Å². The molecule has 0 bridgehead atoms. The summed E-state index contributed by atoms with van der Waals surface area (Å²) in [6.45, 7) is 0.796. The maximum absolute atomic E-state index is 12.4. The van der Waals surface area contributed by atoms with E-state index in [2.05, 4.69) is 4.99 Å². The van der Waals surface area contributed by atoms with E-state index in [4.69, 9.17) is 4.74 Å². The number of nitrogens with zero attached hydrogens (tertiary/aromatic N) is 2. The van der Waals surface area contributed by atoms with Crippen molar-refractivity contribution < 1.29 is 14.3 Å². The summed E-state index contributed by atoms with van der Waals surface area (Å²) < 4.78 is 6.00. The van der Waals surface area contributed by atoms with Crippen LogP contribution in [0, 0.1) is 0 Å². The number of carbonyl (C=O) groups excluding carboxylic acids is 2. The van der Waals surface area contributed by atoms with E-state index in [-0.39, 0.29) is 23.5 Å². The summed E-state index contributed by atoms with van der Waals surface area (Å²) in [4.78, 5) is 30.2. The number of benzene rings is 1. The fourth-order valence-electron chi connectivity index (χ4n) is 2.21. The monoisotopic (exact) mass is 322 g/mol. The lowest BCUT2D eigenvalue weighted by molar-refractivity contribution is -0.121. The van der Waals surface area contributed by atoms with Crippen LogP contribution in [0.15, 0.2) is 29.3 Å². The Bertz CT molecular complexity index is 601. The van der Waals surface area contributed by atoms with Gasteiger partial charge in [0.1, 0.15) is 15.4 Å². The molecule has 7 heteroatoms. The smallest absolute Gasteiger partial charge is 0.247 e. The van der Waals surface area contributed by atoms with E-state index in [1.807, 2.05) is 0 Å². The van der Waals surface area contributed by atoms with Gasteiger partial charge in [0, 0.05) is 12.2 Å². The van der Waals surface area contributed by atoms with Crippen molar-refractivity contribution in [3.8, 4) is 5.75 Å². The topological polar surface area (TPSA) is 59.0 Å². The van der Waals surface area contributed by atoms with Crippen molar-refractivity contribution in [2.24, 2.45) is 4.99 Å². The summed E-state index contributed by atoms with van der Waals surface area (Å²) >= 11 is 3.06. The molecule has 1 atom stereocenters. The van der Waals surface area contributed by atoms with Crippen molar-refractivity contribution in [1.29, 1.82) is 0 Å². The van der Waals surface area contributed by atoms with E-state index < -0.39 is 0 Å². The number of anilines is 1. The summed E-state index contributed by atoms with van der Waals surface area (Å²) in [5.41, 5.74) is 0.593. The number of ether oxygens (including phenoxy) is 1. The lowest BCUT2D eigenvalue weighted by Gasteiger charge is -2.15. The Balaban J connectivity index is 1.76. The van der Waals surface area contributed by atoms with Gasteiger partial charge in [-0.15, -0.1) is 0 Å². The molecule has 2 aliphatic rings. The summed E-state index contributed by atoms with van der Waals surface area (Å²) in [6, 6.07) is 6.94. The average Bonchev–Trinajstić information content (AvgIpc) is 3.09. The normalized spacial score (nSPS) is 21.9. The number of aliphatic imine (C=N–C) groups is 1. The zero-order chi connectivity index (χ0) is 14.8. The molecule has 1 saturated heterocycles. The molecule has 0 spiro atoms. The van der Waals surface area contributed by atoms with Crippen LogP contribution in [0.25, 0.3) is 0 Å². The molecule has 2 aliphatic heterocycles. The molecular weight excluding hydrogens is 308 g/mol. The first-order valence-electron chi connectivity index (χ1n) is 6.54. The Hall–Kier alpha value is -1.47. The van der Waals surface area contributed by atoms with Crippen molar-refractivity contribution in [3.05, 3.63) is 24.3 Å². The van der Waals surface area contributed by atoms with E-state index in [1.165, 1.54) is 16.7 Å². The third-order valence-corrected chi connectivity index (χ3v) is 5.63. The second-order valence-corrected chi connectivity index (χ2v) is 7.11. The Labute approximate surface area is 131 Å². The first kappa shape index (κ1) is 14.5. The molecule has 0 saturated carbocycles. The molecule has 0 aliphatic carbocycles. The lowest BCUT2D eigenvalue weighted by atomic mass is 10.3. The van der Waals surface area contributed by atoms with Crippen LogP contribution >= 0.6 is 23.5 Å². The molecule has 0 radical (unpaired) electrons. The predicted molar refractivity (Wildman–Crippen MR) is 86.2 cm³/mol. The fraction of sp³-hybridized carbons (Fsp3) is 0.357. The molecule has 2 amide bonds. The van der Waals surface area contributed by atoms with Crippen LogP contribution in [0.2, 0.25) is 0 Å². The number of hydrogen-bond donors (Lipinski definition) is 0. The van der Waals surface area contributed by atoms with Gasteiger partial charge in [-0.05, 0) is 24.3 Å². The van der Waals surface area contributed by atoms with Crippen LogP contribution < -0.4 is 9.64 Å². The number of methoxy groups -OCH3 is 1. The second kappa shape index (κ2) is 6.11. The van der Waals surface area contributed by atoms with Gasteiger partial charge in [0.15, 0.2) is 0 Å². The first-order chi connectivity index (χ1) is 10.2. The zero-order valence-electron chi connectivity index (χ0n) is 11.4. The molecule has 1 aromatic carbocycles. The Morgan fingerprint density at radius 1 is 1.33 bits per heavy atom. The summed E-state index contributed by atoms with van der Waals surface area (Å²) in [5, 5.41) is -0.357. The highest BCUT2D eigenvalue weighted by Gasteiger charge is 2.40. The number of amides is 2. The quantitative estimate of drug-likeness (QED) is 0.798. The molecule has 0 N–H and O–H groups in total. The Morgan fingerprint density at radius 2 is 2.10 bits per heavy atom. The van der Waals surface area contributed by atoms with Gasteiger partial charge >= 0.3 is 0 Å². The van der Waals surface area contributed by atoms with Gasteiger partial charge in [-0.1, -0.05) is 23.5 Å². The number of imide groups is 1. The first-order valence-corrected chi connectivity index (χ1v) is 8.40. The van der Waals surface area contributed by atoms with Gasteiger partial charge in [0.2, 0.25) is 11.8 Å². The highest BCUT2D eigenvalue weighted by atomic mass is 32.2. The summed E-state index contributed by atoms with van der Waals surface area (Å²) in [5.74, 6) is 1.33. The van der Waals surface area contributed by atoms with Gasteiger partial charge in [-0.2, -0.15) is 0 Å². The van der Waals surface area contributed by atoms with Crippen molar-refractivity contribution in [3.63, 3.8) is 0 Å². The molecule has 1 unspecified atom stereocenters. The fourth-order valence-corrected chi connectivity index (χ4v) is 4.46. The van der Waals surface area contributed by atoms with Crippen LogP contribution in [-0.4, -0.2) is 40.8 Å². The molecule has 1 fully saturated rings. The third-order valence-electron chi connectivity index (χ3n) is 3.24. The highest BCUT2D eigenvalue weighted by Crippen LogP contribution is 2.34.